The van der Waals surface area contributed by atoms with E-state index in [4.69, 9.17) is 13.9 Å². The summed E-state index contributed by atoms with van der Waals surface area (Å²) in [6.45, 7) is 6.35. The molecule has 2 heterocycles. The van der Waals surface area contributed by atoms with Crippen LogP contribution in [0.25, 0.3) is 0 Å². The largest absolute Gasteiger partial charge is 0.461 e. The number of carbonyl (C=O) groups is 1. The summed E-state index contributed by atoms with van der Waals surface area (Å²) in [4.78, 5) is 17.6. The van der Waals surface area contributed by atoms with Crippen LogP contribution in [0, 0.1) is 0 Å². The lowest BCUT2D eigenvalue weighted by molar-refractivity contribution is 0.0519. The van der Waals surface area contributed by atoms with E-state index in [0.717, 1.165) is 19.5 Å². The lowest BCUT2D eigenvalue weighted by Gasteiger charge is -2.13. The van der Waals surface area contributed by atoms with Gasteiger partial charge in [-0.15, -0.1) is 0 Å². The number of aromatic nitrogens is 1. The molecule has 100 valence electrons. The quantitative estimate of drug-likeness (QED) is 0.741. The van der Waals surface area contributed by atoms with E-state index in [0.29, 0.717) is 19.2 Å². The third-order valence-corrected chi connectivity index (χ3v) is 2.79. The van der Waals surface area contributed by atoms with Crippen LogP contribution in [0.4, 0.5) is 6.01 Å². The van der Waals surface area contributed by atoms with Crippen LogP contribution in [0.2, 0.25) is 0 Å². The first-order valence-electron chi connectivity index (χ1n) is 6.23. The average molecular weight is 254 g/mol. The van der Waals surface area contributed by atoms with Gasteiger partial charge in [-0.25, -0.2) is 4.79 Å². The minimum atomic E-state index is -0.451. The summed E-state index contributed by atoms with van der Waals surface area (Å²) in [6.07, 6.45) is 2.50. The molecule has 0 N–H and O–H groups in total. The van der Waals surface area contributed by atoms with Crippen molar-refractivity contribution in [3.05, 3.63) is 12.0 Å². The fraction of sp³-hybridized carbons (Fsp3) is 0.667. The molecule has 6 nitrogen and oxygen atoms in total. The van der Waals surface area contributed by atoms with Crippen molar-refractivity contribution in [1.29, 1.82) is 0 Å². The number of anilines is 1. The third kappa shape index (κ3) is 2.81. The van der Waals surface area contributed by atoms with Gasteiger partial charge in [0.2, 0.25) is 0 Å². The van der Waals surface area contributed by atoms with Crippen molar-refractivity contribution in [2.45, 2.75) is 26.4 Å². The van der Waals surface area contributed by atoms with Gasteiger partial charge in [-0.2, -0.15) is 4.98 Å². The highest BCUT2D eigenvalue weighted by atomic mass is 16.5. The fourth-order valence-corrected chi connectivity index (χ4v) is 1.98. The maximum absolute atomic E-state index is 11.5. The summed E-state index contributed by atoms with van der Waals surface area (Å²) in [5.41, 5.74) is 0.215. The van der Waals surface area contributed by atoms with Gasteiger partial charge >= 0.3 is 5.97 Å². The maximum Gasteiger partial charge on any atom is 0.360 e. The monoisotopic (exact) mass is 254 g/mol. The van der Waals surface area contributed by atoms with Crippen molar-refractivity contribution in [3.63, 3.8) is 0 Å². The number of oxazole rings is 1. The van der Waals surface area contributed by atoms with Crippen LogP contribution < -0.4 is 4.90 Å². The first-order chi connectivity index (χ1) is 8.74. The molecule has 0 aromatic carbocycles. The molecule has 1 saturated heterocycles. The van der Waals surface area contributed by atoms with E-state index in [2.05, 4.69) is 4.98 Å². The minimum Gasteiger partial charge on any atom is -0.461 e. The Hall–Kier alpha value is -1.56. The van der Waals surface area contributed by atoms with E-state index in [-0.39, 0.29) is 11.8 Å². The molecule has 1 aromatic rings. The lowest BCUT2D eigenvalue weighted by Crippen LogP contribution is -2.23. The van der Waals surface area contributed by atoms with Crippen LogP contribution in [-0.4, -0.2) is 43.4 Å². The predicted octanol–water partition coefficient (Wildman–Crippen LogP) is 1.47. The number of rotatable bonds is 5. The smallest absolute Gasteiger partial charge is 0.360 e. The maximum atomic E-state index is 11.5. The van der Waals surface area contributed by atoms with Gasteiger partial charge in [-0.05, 0) is 20.3 Å². The second kappa shape index (κ2) is 5.86. The summed E-state index contributed by atoms with van der Waals surface area (Å²) < 4.78 is 15.7. The Kier molecular flexibility index (Phi) is 4.19. The van der Waals surface area contributed by atoms with Crippen LogP contribution in [0.15, 0.2) is 10.7 Å². The van der Waals surface area contributed by atoms with Crippen molar-refractivity contribution in [3.8, 4) is 0 Å². The van der Waals surface area contributed by atoms with E-state index < -0.39 is 5.97 Å². The number of hydrogen-bond donors (Lipinski definition) is 0. The number of hydrogen-bond acceptors (Lipinski definition) is 6. The first-order valence-corrected chi connectivity index (χ1v) is 6.23. The molecule has 1 aliphatic heterocycles. The normalized spacial score (nSPS) is 19.2. The zero-order valence-electron chi connectivity index (χ0n) is 10.7. The van der Waals surface area contributed by atoms with Crippen molar-refractivity contribution >= 4 is 12.0 Å². The summed E-state index contributed by atoms with van der Waals surface area (Å²) >= 11 is 0. The number of esters is 1. The molecule has 1 atom stereocenters. The summed E-state index contributed by atoms with van der Waals surface area (Å²) in [6, 6.07) is 0.459. The lowest BCUT2D eigenvalue weighted by atomic mass is 10.3. The zero-order chi connectivity index (χ0) is 13.0. The Bertz CT molecular complexity index is 405. The van der Waals surface area contributed by atoms with Gasteiger partial charge in [-0.3, -0.25) is 0 Å². The Morgan fingerprint density at radius 2 is 2.39 bits per heavy atom. The van der Waals surface area contributed by atoms with Crippen LogP contribution in [0.5, 0.6) is 0 Å². The highest BCUT2D eigenvalue weighted by molar-refractivity contribution is 5.87. The number of ether oxygens (including phenoxy) is 2. The highest BCUT2D eigenvalue weighted by Gasteiger charge is 2.26. The molecule has 1 fully saturated rings. The topological polar surface area (TPSA) is 64.8 Å². The molecule has 0 saturated carbocycles. The minimum absolute atomic E-state index is 0.215. The summed E-state index contributed by atoms with van der Waals surface area (Å²) in [5.74, 6) is -0.451. The molecule has 2 rings (SSSR count). The predicted molar refractivity (Wildman–Crippen MR) is 64.7 cm³/mol. The molecular weight excluding hydrogens is 236 g/mol. The molecule has 0 bridgehead atoms. The molecule has 0 radical (unpaired) electrons. The molecule has 0 spiro atoms. The van der Waals surface area contributed by atoms with E-state index in [1.54, 1.807) is 6.92 Å². The van der Waals surface area contributed by atoms with Crippen molar-refractivity contribution in [1.82, 2.24) is 4.98 Å². The molecular formula is C12H18N2O4. The summed E-state index contributed by atoms with van der Waals surface area (Å²) in [7, 11) is 0. The molecule has 6 heteroatoms. The van der Waals surface area contributed by atoms with Gasteiger partial charge in [0.1, 0.15) is 6.26 Å². The zero-order valence-corrected chi connectivity index (χ0v) is 10.7. The Morgan fingerprint density at radius 3 is 3.11 bits per heavy atom. The van der Waals surface area contributed by atoms with E-state index in [1.165, 1.54) is 6.26 Å². The van der Waals surface area contributed by atoms with Gasteiger partial charge in [0.05, 0.1) is 12.7 Å². The third-order valence-electron chi connectivity index (χ3n) is 2.79. The number of carbonyl (C=O) groups excluding carboxylic acids is 1. The average Bonchev–Trinajstić information content (AvgIpc) is 2.97. The SMILES string of the molecule is CCOC(=O)c1coc(N2CC[C@H](OCC)C2)n1. The Balaban J connectivity index is 1.96. The molecule has 18 heavy (non-hydrogen) atoms. The standard InChI is InChI=1S/C12H18N2O4/c1-3-16-9-5-6-14(7-9)12-13-10(8-18-12)11(15)17-4-2/h8-9H,3-7H2,1-2H3/t9-/m0/s1. The number of nitrogens with zero attached hydrogens (tertiary/aromatic N) is 2. The van der Waals surface area contributed by atoms with E-state index >= 15 is 0 Å². The molecule has 0 unspecified atom stereocenters. The Labute approximate surface area is 106 Å². The Morgan fingerprint density at radius 1 is 1.56 bits per heavy atom. The molecule has 1 aromatic heterocycles. The van der Waals surface area contributed by atoms with Gasteiger partial charge in [0.25, 0.3) is 6.01 Å². The van der Waals surface area contributed by atoms with Gasteiger partial charge < -0.3 is 18.8 Å². The van der Waals surface area contributed by atoms with Crippen LogP contribution >= 0.6 is 0 Å². The summed E-state index contributed by atoms with van der Waals surface area (Å²) in [5, 5.41) is 0. The molecule has 1 aliphatic rings. The van der Waals surface area contributed by atoms with E-state index in [9.17, 15) is 4.79 Å². The van der Waals surface area contributed by atoms with Crippen molar-refractivity contribution < 1.29 is 18.7 Å². The van der Waals surface area contributed by atoms with Gasteiger partial charge in [0.15, 0.2) is 5.69 Å². The second-order valence-corrected chi connectivity index (χ2v) is 4.05. The second-order valence-electron chi connectivity index (χ2n) is 4.05. The van der Waals surface area contributed by atoms with Gasteiger partial charge in [-0.1, -0.05) is 0 Å². The van der Waals surface area contributed by atoms with Crippen molar-refractivity contribution in [2.24, 2.45) is 0 Å². The highest BCUT2D eigenvalue weighted by Crippen LogP contribution is 2.21. The van der Waals surface area contributed by atoms with Crippen LogP contribution in [-0.2, 0) is 9.47 Å². The molecule has 0 aliphatic carbocycles. The van der Waals surface area contributed by atoms with Crippen LogP contribution in [0.1, 0.15) is 30.8 Å². The molecule has 0 amide bonds. The van der Waals surface area contributed by atoms with Crippen molar-refractivity contribution in [2.75, 3.05) is 31.2 Å². The fourth-order valence-electron chi connectivity index (χ4n) is 1.98. The first kappa shape index (κ1) is 12.9. The van der Waals surface area contributed by atoms with Gasteiger partial charge in [0, 0.05) is 19.7 Å². The van der Waals surface area contributed by atoms with E-state index in [1.807, 2.05) is 11.8 Å². The van der Waals surface area contributed by atoms with Crippen LogP contribution in [0.3, 0.4) is 0 Å².